The van der Waals surface area contributed by atoms with Crippen LogP contribution in [0.1, 0.15) is 20.3 Å². The van der Waals surface area contributed by atoms with Crippen molar-refractivity contribution in [3.8, 4) is 0 Å². The molecule has 0 aromatic rings. The first kappa shape index (κ1) is 5.48. The van der Waals surface area contributed by atoms with Gasteiger partial charge in [-0.05, 0) is 13.8 Å². The number of hydrogen-bond donors (Lipinski definition) is 1. The SMILES string of the molecule is CC1=C(O)CC(C)O1. The van der Waals surface area contributed by atoms with E-state index in [0.29, 0.717) is 17.9 Å². The lowest BCUT2D eigenvalue weighted by molar-refractivity contribution is 0.161. The molecule has 0 amide bonds. The van der Waals surface area contributed by atoms with Gasteiger partial charge in [-0.25, -0.2) is 0 Å². The Morgan fingerprint density at radius 2 is 2.38 bits per heavy atom. The van der Waals surface area contributed by atoms with Crippen LogP contribution in [-0.4, -0.2) is 11.2 Å². The van der Waals surface area contributed by atoms with Gasteiger partial charge in [0.15, 0.2) is 0 Å². The van der Waals surface area contributed by atoms with E-state index in [1.807, 2.05) is 6.92 Å². The third-order valence-electron chi connectivity index (χ3n) is 1.27. The summed E-state index contributed by atoms with van der Waals surface area (Å²) in [5, 5.41) is 8.92. The van der Waals surface area contributed by atoms with Crippen molar-refractivity contribution in [2.45, 2.75) is 26.4 Å². The van der Waals surface area contributed by atoms with Crippen molar-refractivity contribution in [1.29, 1.82) is 0 Å². The highest BCUT2D eigenvalue weighted by Crippen LogP contribution is 2.21. The van der Waals surface area contributed by atoms with Crippen LogP contribution in [0.15, 0.2) is 11.5 Å². The van der Waals surface area contributed by atoms with Crippen molar-refractivity contribution >= 4 is 0 Å². The number of rotatable bonds is 0. The Labute approximate surface area is 48.8 Å². The molecule has 46 valence electrons. The van der Waals surface area contributed by atoms with E-state index in [4.69, 9.17) is 9.84 Å². The van der Waals surface area contributed by atoms with Gasteiger partial charge in [0.05, 0.1) is 0 Å². The molecule has 0 bridgehead atoms. The van der Waals surface area contributed by atoms with Gasteiger partial charge in [-0.1, -0.05) is 0 Å². The minimum atomic E-state index is 0.176. The van der Waals surface area contributed by atoms with Crippen molar-refractivity contribution in [3.05, 3.63) is 11.5 Å². The Balaban J connectivity index is 2.60. The van der Waals surface area contributed by atoms with Crippen LogP contribution in [0.3, 0.4) is 0 Å². The molecule has 0 radical (unpaired) electrons. The fourth-order valence-corrected chi connectivity index (χ4v) is 0.827. The van der Waals surface area contributed by atoms with Gasteiger partial charge < -0.3 is 9.84 Å². The lowest BCUT2D eigenvalue weighted by Crippen LogP contribution is -1.96. The average molecular weight is 114 g/mol. The van der Waals surface area contributed by atoms with Gasteiger partial charge in [-0.15, -0.1) is 0 Å². The van der Waals surface area contributed by atoms with Gasteiger partial charge in [0.25, 0.3) is 0 Å². The fraction of sp³-hybridized carbons (Fsp3) is 0.667. The van der Waals surface area contributed by atoms with Crippen molar-refractivity contribution in [2.75, 3.05) is 0 Å². The normalized spacial score (nSPS) is 28.5. The van der Waals surface area contributed by atoms with Crippen LogP contribution in [0.4, 0.5) is 0 Å². The third kappa shape index (κ3) is 0.782. The summed E-state index contributed by atoms with van der Waals surface area (Å²) in [4.78, 5) is 0. The van der Waals surface area contributed by atoms with Crippen molar-refractivity contribution in [1.82, 2.24) is 0 Å². The Bertz CT molecular complexity index is 112. The number of aliphatic hydroxyl groups is 1. The van der Waals surface area contributed by atoms with E-state index >= 15 is 0 Å². The van der Waals surface area contributed by atoms with E-state index in [-0.39, 0.29) is 6.10 Å². The van der Waals surface area contributed by atoms with E-state index < -0.39 is 0 Å². The zero-order chi connectivity index (χ0) is 6.15. The summed E-state index contributed by atoms with van der Waals surface area (Å²) in [6, 6.07) is 0. The Morgan fingerprint density at radius 1 is 1.75 bits per heavy atom. The van der Waals surface area contributed by atoms with Gasteiger partial charge in [0, 0.05) is 6.42 Å². The molecule has 1 aliphatic heterocycles. The molecule has 2 heteroatoms. The maximum atomic E-state index is 8.92. The molecule has 0 saturated carbocycles. The Kier molecular flexibility index (Phi) is 1.16. The molecule has 2 nitrogen and oxygen atoms in total. The molecule has 8 heavy (non-hydrogen) atoms. The van der Waals surface area contributed by atoms with Gasteiger partial charge in [0.1, 0.15) is 17.6 Å². The van der Waals surface area contributed by atoms with E-state index in [1.54, 1.807) is 6.92 Å². The monoisotopic (exact) mass is 114 g/mol. The highest BCUT2D eigenvalue weighted by atomic mass is 16.5. The maximum Gasteiger partial charge on any atom is 0.133 e. The molecule has 0 fully saturated rings. The summed E-state index contributed by atoms with van der Waals surface area (Å²) in [5.41, 5.74) is 0. The number of aliphatic hydroxyl groups excluding tert-OH is 1. The second-order valence-corrected chi connectivity index (χ2v) is 2.14. The molecule has 1 aliphatic rings. The van der Waals surface area contributed by atoms with Gasteiger partial charge in [0.2, 0.25) is 0 Å². The summed E-state index contributed by atoms with van der Waals surface area (Å²) in [5.74, 6) is 1.08. The predicted molar refractivity (Wildman–Crippen MR) is 30.5 cm³/mol. The summed E-state index contributed by atoms with van der Waals surface area (Å²) >= 11 is 0. The molecule has 0 aliphatic carbocycles. The number of ether oxygens (including phenoxy) is 1. The van der Waals surface area contributed by atoms with E-state index in [0.717, 1.165) is 0 Å². The molecule has 0 saturated heterocycles. The maximum absolute atomic E-state index is 8.92. The molecule has 0 aromatic carbocycles. The van der Waals surface area contributed by atoms with Crippen molar-refractivity contribution in [2.24, 2.45) is 0 Å². The van der Waals surface area contributed by atoms with E-state index in [2.05, 4.69) is 0 Å². The topological polar surface area (TPSA) is 29.5 Å². The molecule has 1 atom stereocenters. The summed E-state index contributed by atoms with van der Waals surface area (Å²) in [6.07, 6.45) is 0.848. The average Bonchev–Trinajstić information content (AvgIpc) is 1.85. The quantitative estimate of drug-likeness (QED) is 0.518. The van der Waals surface area contributed by atoms with Gasteiger partial charge in [-0.2, -0.15) is 0 Å². The molecular formula is C6H10O2. The number of allylic oxidation sites excluding steroid dienone is 1. The zero-order valence-corrected chi connectivity index (χ0v) is 5.14. The summed E-state index contributed by atoms with van der Waals surface area (Å²) < 4.78 is 5.10. The van der Waals surface area contributed by atoms with Gasteiger partial charge in [-0.3, -0.25) is 0 Å². The minimum absolute atomic E-state index is 0.176. The standard InChI is InChI=1S/C6H10O2/c1-4-3-6(7)5(2)8-4/h4,7H,3H2,1-2H3. The first-order chi connectivity index (χ1) is 3.70. The smallest absolute Gasteiger partial charge is 0.133 e. The van der Waals surface area contributed by atoms with Crippen LogP contribution in [-0.2, 0) is 4.74 Å². The highest BCUT2D eigenvalue weighted by molar-refractivity contribution is 5.03. The predicted octanol–water partition coefficient (Wildman–Crippen LogP) is 1.58. The van der Waals surface area contributed by atoms with Gasteiger partial charge >= 0.3 is 0 Å². The lowest BCUT2D eigenvalue weighted by Gasteiger charge is -2.00. The molecule has 1 rings (SSSR count). The van der Waals surface area contributed by atoms with Crippen LogP contribution in [0.2, 0.25) is 0 Å². The second-order valence-electron chi connectivity index (χ2n) is 2.14. The van der Waals surface area contributed by atoms with E-state index in [1.165, 1.54) is 0 Å². The third-order valence-corrected chi connectivity index (χ3v) is 1.27. The molecule has 0 aromatic heterocycles. The number of hydrogen-bond acceptors (Lipinski definition) is 2. The van der Waals surface area contributed by atoms with Crippen LogP contribution in [0.25, 0.3) is 0 Å². The molecule has 1 N–H and O–H groups in total. The van der Waals surface area contributed by atoms with Crippen LogP contribution in [0.5, 0.6) is 0 Å². The van der Waals surface area contributed by atoms with Crippen LogP contribution >= 0.6 is 0 Å². The van der Waals surface area contributed by atoms with Crippen LogP contribution < -0.4 is 0 Å². The minimum Gasteiger partial charge on any atom is -0.509 e. The Hall–Kier alpha value is -0.660. The molecule has 1 heterocycles. The van der Waals surface area contributed by atoms with Crippen molar-refractivity contribution in [3.63, 3.8) is 0 Å². The highest BCUT2D eigenvalue weighted by Gasteiger charge is 2.17. The van der Waals surface area contributed by atoms with Crippen LogP contribution in [0, 0.1) is 0 Å². The second kappa shape index (κ2) is 1.69. The lowest BCUT2D eigenvalue weighted by atomic mass is 10.3. The summed E-state index contributed by atoms with van der Waals surface area (Å²) in [7, 11) is 0. The fourth-order valence-electron chi connectivity index (χ4n) is 0.827. The molecule has 1 unspecified atom stereocenters. The Morgan fingerprint density at radius 3 is 2.50 bits per heavy atom. The first-order valence-electron chi connectivity index (χ1n) is 2.75. The summed E-state index contributed by atoms with van der Waals surface area (Å²) in [6.45, 7) is 3.71. The first-order valence-corrected chi connectivity index (χ1v) is 2.75. The van der Waals surface area contributed by atoms with E-state index in [9.17, 15) is 0 Å². The molecular weight excluding hydrogens is 104 g/mol. The zero-order valence-electron chi connectivity index (χ0n) is 5.14. The largest absolute Gasteiger partial charge is 0.509 e. The molecule has 0 spiro atoms. The van der Waals surface area contributed by atoms with Crippen molar-refractivity contribution < 1.29 is 9.84 Å².